The van der Waals surface area contributed by atoms with Gasteiger partial charge in [0.25, 0.3) is 5.69 Å². The van der Waals surface area contributed by atoms with Crippen molar-refractivity contribution in [2.45, 2.75) is 6.61 Å². The van der Waals surface area contributed by atoms with Gasteiger partial charge in [-0.1, -0.05) is 6.07 Å². The number of non-ortho nitro benzene ring substituents is 1. The van der Waals surface area contributed by atoms with Crippen molar-refractivity contribution >= 4 is 17.6 Å². The van der Waals surface area contributed by atoms with Crippen LogP contribution < -0.4 is 9.47 Å². The molecule has 0 saturated carbocycles. The first kappa shape index (κ1) is 19.7. The Morgan fingerprint density at radius 3 is 2.11 bits per heavy atom. The number of methoxy groups -OCH3 is 3. The van der Waals surface area contributed by atoms with Gasteiger partial charge in [-0.05, 0) is 23.8 Å². The molecule has 0 aliphatic carbocycles. The number of hydrogen-bond acceptors (Lipinski definition) is 8. The number of nitro benzene ring substituents is 1. The molecule has 2 aromatic rings. The molecule has 2 rings (SSSR count). The number of carbonyl (C=O) groups excluding carboxylic acids is 2. The lowest BCUT2D eigenvalue weighted by Crippen LogP contribution is -2.09. The summed E-state index contributed by atoms with van der Waals surface area (Å²) in [5, 5.41) is 11.0. The van der Waals surface area contributed by atoms with E-state index in [1.54, 1.807) is 18.2 Å². The SMILES string of the molecule is COC(=O)c1cc(C(=O)OCc2ccc(OC)c(OC)c2)cc([N+](=O)[O-])c1. The van der Waals surface area contributed by atoms with Crippen LogP contribution in [0.1, 0.15) is 26.3 Å². The van der Waals surface area contributed by atoms with E-state index in [1.807, 2.05) is 0 Å². The summed E-state index contributed by atoms with van der Waals surface area (Å²) in [6, 6.07) is 8.21. The van der Waals surface area contributed by atoms with Crippen molar-refractivity contribution in [3.63, 3.8) is 0 Å². The van der Waals surface area contributed by atoms with Crippen LogP contribution in [-0.2, 0) is 16.1 Å². The average molecular weight is 375 g/mol. The van der Waals surface area contributed by atoms with Gasteiger partial charge in [0.05, 0.1) is 37.4 Å². The fourth-order valence-electron chi connectivity index (χ4n) is 2.27. The summed E-state index contributed by atoms with van der Waals surface area (Å²) in [6.07, 6.45) is 0. The number of carbonyl (C=O) groups is 2. The quantitative estimate of drug-likeness (QED) is 0.412. The van der Waals surface area contributed by atoms with E-state index in [0.717, 1.165) is 19.2 Å². The minimum Gasteiger partial charge on any atom is -0.493 e. The van der Waals surface area contributed by atoms with Gasteiger partial charge in [-0.15, -0.1) is 0 Å². The minimum absolute atomic E-state index is 0.102. The molecule has 0 aliphatic heterocycles. The van der Waals surface area contributed by atoms with E-state index < -0.39 is 22.5 Å². The number of ether oxygens (including phenoxy) is 4. The normalized spacial score (nSPS) is 10.0. The zero-order chi connectivity index (χ0) is 20.0. The molecule has 27 heavy (non-hydrogen) atoms. The molecule has 0 radical (unpaired) electrons. The maximum absolute atomic E-state index is 12.3. The Morgan fingerprint density at radius 1 is 0.926 bits per heavy atom. The van der Waals surface area contributed by atoms with Gasteiger partial charge in [-0.2, -0.15) is 0 Å². The molecule has 0 atom stereocenters. The van der Waals surface area contributed by atoms with Crippen molar-refractivity contribution in [2.75, 3.05) is 21.3 Å². The van der Waals surface area contributed by atoms with Crippen LogP contribution in [0.25, 0.3) is 0 Å². The highest BCUT2D eigenvalue weighted by Gasteiger charge is 2.19. The van der Waals surface area contributed by atoms with Gasteiger partial charge in [0, 0.05) is 12.1 Å². The second-order valence-electron chi connectivity index (χ2n) is 5.28. The van der Waals surface area contributed by atoms with Crippen LogP contribution in [0.15, 0.2) is 36.4 Å². The van der Waals surface area contributed by atoms with Gasteiger partial charge in [-0.25, -0.2) is 9.59 Å². The molecule has 0 heterocycles. The predicted octanol–water partition coefficient (Wildman–Crippen LogP) is 2.76. The number of nitro groups is 1. The van der Waals surface area contributed by atoms with Crippen molar-refractivity contribution in [1.29, 1.82) is 0 Å². The van der Waals surface area contributed by atoms with Crippen LogP contribution in [0.5, 0.6) is 11.5 Å². The summed E-state index contributed by atoms with van der Waals surface area (Å²) in [5.74, 6) is -0.630. The van der Waals surface area contributed by atoms with Crippen LogP contribution in [0.2, 0.25) is 0 Å². The molecule has 0 spiro atoms. The molecule has 0 aromatic heterocycles. The smallest absolute Gasteiger partial charge is 0.338 e. The van der Waals surface area contributed by atoms with Gasteiger partial charge in [0.15, 0.2) is 11.5 Å². The van der Waals surface area contributed by atoms with E-state index in [2.05, 4.69) is 4.74 Å². The van der Waals surface area contributed by atoms with E-state index in [9.17, 15) is 19.7 Å². The summed E-state index contributed by atoms with van der Waals surface area (Å²) in [7, 11) is 4.11. The number of benzene rings is 2. The standard InChI is InChI=1S/C18H17NO8/c1-24-15-5-4-11(6-16(15)25-2)10-27-18(21)13-7-12(17(20)26-3)8-14(9-13)19(22)23/h4-9H,10H2,1-3H3. The highest BCUT2D eigenvalue weighted by molar-refractivity contribution is 5.96. The van der Waals surface area contributed by atoms with Gasteiger partial charge < -0.3 is 18.9 Å². The Hall–Kier alpha value is -3.62. The van der Waals surface area contributed by atoms with Gasteiger partial charge in [-0.3, -0.25) is 10.1 Å². The van der Waals surface area contributed by atoms with E-state index in [1.165, 1.54) is 20.3 Å². The number of rotatable bonds is 7. The molecule has 142 valence electrons. The molecule has 2 aromatic carbocycles. The summed E-state index contributed by atoms with van der Waals surface area (Å²) in [5.41, 5.74) is -0.0505. The van der Waals surface area contributed by atoms with E-state index in [0.29, 0.717) is 17.1 Å². The first-order chi connectivity index (χ1) is 12.9. The van der Waals surface area contributed by atoms with Crippen LogP contribution in [0.3, 0.4) is 0 Å². The molecule has 0 fully saturated rings. The highest BCUT2D eigenvalue weighted by atomic mass is 16.6. The van der Waals surface area contributed by atoms with Gasteiger partial charge in [0.1, 0.15) is 6.61 Å². The maximum atomic E-state index is 12.3. The Balaban J connectivity index is 2.21. The second kappa shape index (κ2) is 8.65. The third-order valence-electron chi connectivity index (χ3n) is 3.60. The van der Waals surface area contributed by atoms with Crippen LogP contribution in [0, 0.1) is 10.1 Å². The number of esters is 2. The highest BCUT2D eigenvalue weighted by Crippen LogP contribution is 2.28. The lowest BCUT2D eigenvalue weighted by Gasteiger charge is -2.10. The molecular weight excluding hydrogens is 358 g/mol. The fraction of sp³-hybridized carbons (Fsp3) is 0.222. The van der Waals surface area contributed by atoms with E-state index in [4.69, 9.17) is 14.2 Å². The molecule has 9 heteroatoms. The summed E-state index contributed by atoms with van der Waals surface area (Å²) in [4.78, 5) is 34.2. The van der Waals surface area contributed by atoms with Crippen molar-refractivity contribution in [3.05, 3.63) is 63.2 Å². The van der Waals surface area contributed by atoms with Crippen molar-refractivity contribution < 1.29 is 33.5 Å². The van der Waals surface area contributed by atoms with Crippen molar-refractivity contribution in [1.82, 2.24) is 0 Å². The van der Waals surface area contributed by atoms with Crippen molar-refractivity contribution in [2.24, 2.45) is 0 Å². The Bertz CT molecular complexity index is 878. The fourth-order valence-corrected chi connectivity index (χ4v) is 2.27. The third kappa shape index (κ3) is 4.72. The first-order valence-corrected chi connectivity index (χ1v) is 7.65. The van der Waals surface area contributed by atoms with E-state index >= 15 is 0 Å². The molecule has 0 saturated heterocycles. The third-order valence-corrected chi connectivity index (χ3v) is 3.60. The Labute approximate surface area is 154 Å². The lowest BCUT2D eigenvalue weighted by atomic mass is 10.1. The van der Waals surface area contributed by atoms with Crippen LogP contribution in [0.4, 0.5) is 5.69 Å². The average Bonchev–Trinajstić information content (AvgIpc) is 2.70. The maximum Gasteiger partial charge on any atom is 0.338 e. The first-order valence-electron chi connectivity index (χ1n) is 7.65. The van der Waals surface area contributed by atoms with Gasteiger partial charge in [0.2, 0.25) is 0 Å². The summed E-state index contributed by atoms with van der Waals surface area (Å²) >= 11 is 0. The topological polar surface area (TPSA) is 114 Å². The Morgan fingerprint density at radius 2 is 1.56 bits per heavy atom. The Kier molecular flexibility index (Phi) is 6.32. The second-order valence-corrected chi connectivity index (χ2v) is 5.28. The molecule has 9 nitrogen and oxygen atoms in total. The van der Waals surface area contributed by atoms with E-state index in [-0.39, 0.29) is 17.7 Å². The monoisotopic (exact) mass is 375 g/mol. The zero-order valence-electron chi connectivity index (χ0n) is 14.9. The summed E-state index contributed by atoms with van der Waals surface area (Å²) in [6.45, 7) is -0.102. The molecule has 0 amide bonds. The van der Waals surface area contributed by atoms with Crippen molar-refractivity contribution in [3.8, 4) is 11.5 Å². The summed E-state index contributed by atoms with van der Waals surface area (Å²) < 4.78 is 20.0. The van der Waals surface area contributed by atoms with Crippen LogP contribution in [-0.4, -0.2) is 38.2 Å². The van der Waals surface area contributed by atoms with Crippen LogP contribution >= 0.6 is 0 Å². The molecule has 0 aliphatic rings. The largest absolute Gasteiger partial charge is 0.493 e. The predicted molar refractivity (Wildman–Crippen MR) is 93.1 cm³/mol. The molecular formula is C18H17NO8. The lowest BCUT2D eigenvalue weighted by molar-refractivity contribution is -0.384. The number of hydrogen-bond donors (Lipinski definition) is 0. The minimum atomic E-state index is -0.821. The number of nitrogens with zero attached hydrogens (tertiary/aromatic N) is 1. The molecule has 0 N–H and O–H groups in total. The zero-order valence-corrected chi connectivity index (χ0v) is 14.9. The molecule has 0 unspecified atom stereocenters. The van der Waals surface area contributed by atoms with Gasteiger partial charge >= 0.3 is 11.9 Å². The molecule has 0 bridgehead atoms.